The molecule has 27 heavy (non-hydrogen) atoms. The minimum atomic E-state index is -0.248. The Morgan fingerprint density at radius 1 is 1.26 bits per heavy atom. The van der Waals surface area contributed by atoms with Gasteiger partial charge < -0.3 is 25.4 Å². The van der Waals surface area contributed by atoms with Crippen molar-refractivity contribution in [2.24, 2.45) is 0 Å². The molecule has 0 unspecified atom stereocenters. The van der Waals surface area contributed by atoms with E-state index in [1.807, 2.05) is 43.3 Å². The maximum atomic E-state index is 12.0. The number of ether oxygens (including phenoxy) is 2. The molecule has 0 radical (unpaired) electrons. The fourth-order valence-electron chi connectivity index (χ4n) is 2.80. The SMILES string of the molecule is Cc1cccnc1NCCNC(=O)Nc1ccc(OC[C@@H]2CCCO2)cc1. The number of anilines is 2. The topological polar surface area (TPSA) is 84.5 Å². The number of aromatic nitrogens is 1. The van der Waals surface area contributed by atoms with Crippen LogP contribution in [0.5, 0.6) is 5.75 Å². The van der Waals surface area contributed by atoms with Gasteiger partial charge in [0.05, 0.1) is 6.10 Å². The van der Waals surface area contributed by atoms with Crippen molar-refractivity contribution in [2.45, 2.75) is 25.9 Å². The maximum Gasteiger partial charge on any atom is 0.319 e. The van der Waals surface area contributed by atoms with Crippen LogP contribution in [-0.2, 0) is 4.74 Å². The Morgan fingerprint density at radius 3 is 2.85 bits per heavy atom. The van der Waals surface area contributed by atoms with Crippen molar-refractivity contribution in [1.29, 1.82) is 0 Å². The molecule has 0 saturated carbocycles. The number of hydrogen-bond donors (Lipinski definition) is 3. The van der Waals surface area contributed by atoms with Gasteiger partial charge in [0.25, 0.3) is 0 Å². The van der Waals surface area contributed by atoms with Crippen LogP contribution in [0.3, 0.4) is 0 Å². The number of amides is 2. The van der Waals surface area contributed by atoms with E-state index in [4.69, 9.17) is 9.47 Å². The summed E-state index contributed by atoms with van der Waals surface area (Å²) in [5, 5.41) is 8.81. The average Bonchev–Trinajstić information content (AvgIpc) is 3.20. The summed E-state index contributed by atoms with van der Waals surface area (Å²) in [6.45, 7) is 4.47. The van der Waals surface area contributed by atoms with Crippen LogP contribution < -0.4 is 20.7 Å². The maximum absolute atomic E-state index is 12.0. The first kappa shape index (κ1) is 19.0. The van der Waals surface area contributed by atoms with Crippen molar-refractivity contribution in [1.82, 2.24) is 10.3 Å². The van der Waals surface area contributed by atoms with E-state index < -0.39 is 0 Å². The van der Waals surface area contributed by atoms with Gasteiger partial charge >= 0.3 is 6.03 Å². The molecule has 1 aliphatic rings. The number of carbonyl (C=O) groups excluding carboxylic acids is 1. The minimum absolute atomic E-state index is 0.192. The van der Waals surface area contributed by atoms with Crippen molar-refractivity contribution < 1.29 is 14.3 Å². The van der Waals surface area contributed by atoms with Crippen LogP contribution in [0, 0.1) is 6.92 Å². The van der Waals surface area contributed by atoms with Crippen molar-refractivity contribution >= 4 is 17.5 Å². The number of rotatable bonds is 8. The van der Waals surface area contributed by atoms with Gasteiger partial charge in [-0.3, -0.25) is 0 Å². The van der Waals surface area contributed by atoms with Gasteiger partial charge in [-0.1, -0.05) is 6.07 Å². The van der Waals surface area contributed by atoms with Gasteiger partial charge in [-0.25, -0.2) is 9.78 Å². The lowest BCUT2D eigenvalue weighted by Crippen LogP contribution is -2.32. The molecular formula is C20H26N4O3. The Morgan fingerprint density at radius 2 is 2.11 bits per heavy atom. The van der Waals surface area contributed by atoms with Gasteiger partial charge in [-0.2, -0.15) is 0 Å². The smallest absolute Gasteiger partial charge is 0.319 e. The van der Waals surface area contributed by atoms with E-state index in [1.165, 1.54) is 0 Å². The number of aryl methyl sites for hydroxylation is 1. The lowest BCUT2D eigenvalue weighted by atomic mass is 10.2. The second kappa shape index (κ2) is 9.78. The van der Waals surface area contributed by atoms with E-state index in [9.17, 15) is 4.79 Å². The summed E-state index contributed by atoms with van der Waals surface area (Å²) in [6.07, 6.45) is 4.08. The van der Waals surface area contributed by atoms with Crippen molar-refractivity contribution in [2.75, 3.05) is 36.9 Å². The Bertz CT molecular complexity index is 730. The first-order valence-corrected chi connectivity index (χ1v) is 9.25. The molecule has 2 aromatic rings. The normalized spacial score (nSPS) is 16.0. The van der Waals surface area contributed by atoms with Crippen molar-refractivity contribution in [3.63, 3.8) is 0 Å². The fourth-order valence-corrected chi connectivity index (χ4v) is 2.80. The predicted octanol–water partition coefficient (Wildman–Crippen LogP) is 3.18. The largest absolute Gasteiger partial charge is 0.491 e. The summed E-state index contributed by atoms with van der Waals surface area (Å²) in [6, 6.07) is 11.0. The van der Waals surface area contributed by atoms with Gasteiger partial charge in [-0.15, -0.1) is 0 Å². The van der Waals surface area contributed by atoms with Gasteiger partial charge in [0.1, 0.15) is 18.2 Å². The number of urea groups is 1. The number of nitrogens with zero attached hydrogens (tertiary/aromatic N) is 1. The average molecular weight is 370 g/mol. The molecule has 3 rings (SSSR count). The highest BCUT2D eigenvalue weighted by Crippen LogP contribution is 2.18. The van der Waals surface area contributed by atoms with Gasteiger partial charge in [0.2, 0.25) is 0 Å². The molecule has 1 fully saturated rings. The monoisotopic (exact) mass is 370 g/mol. The molecule has 0 spiro atoms. The van der Waals surface area contributed by atoms with E-state index in [0.717, 1.165) is 36.6 Å². The number of carbonyl (C=O) groups is 1. The second-order valence-corrected chi connectivity index (χ2v) is 6.45. The van der Waals surface area contributed by atoms with E-state index >= 15 is 0 Å². The van der Waals surface area contributed by atoms with Crippen LogP contribution in [-0.4, -0.2) is 43.4 Å². The molecule has 1 saturated heterocycles. The third kappa shape index (κ3) is 6.14. The molecule has 1 aliphatic heterocycles. The summed E-state index contributed by atoms with van der Waals surface area (Å²) in [7, 11) is 0. The summed E-state index contributed by atoms with van der Waals surface area (Å²) in [5.41, 5.74) is 1.79. The molecule has 2 heterocycles. The molecular weight excluding hydrogens is 344 g/mol. The number of pyridine rings is 1. The zero-order valence-electron chi connectivity index (χ0n) is 15.5. The predicted molar refractivity (Wildman–Crippen MR) is 105 cm³/mol. The van der Waals surface area contributed by atoms with Gasteiger partial charge in [0, 0.05) is 31.6 Å². The van der Waals surface area contributed by atoms with Gasteiger partial charge in [-0.05, 0) is 55.7 Å². The Balaban J connectivity index is 1.34. The molecule has 1 aromatic heterocycles. The van der Waals surface area contributed by atoms with E-state index in [-0.39, 0.29) is 12.1 Å². The van der Waals surface area contributed by atoms with Crippen molar-refractivity contribution in [3.8, 4) is 5.75 Å². The number of nitrogens with one attached hydrogen (secondary N) is 3. The molecule has 0 bridgehead atoms. The summed E-state index contributed by atoms with van der Waals surface area (Å²) >= 11 is 0. The molecule has 144 valence electrons. The highest BCUT2D eigenvalue weighted by molar-refractivity contribution is 5.89. The lowest BCUT2D eigenvalue weighted by Gasteiger charge is -2.12. The van der Waals surface area contributed by atoms with E-state index in [0.29, 0.717) is 25.4 Å². The summed E-state index contributed by atoms with van der Waals surface area (Å²) in [4.78, 5) is 16.2. The molecule has 3 N–H and O–H groups in total. The molecule has 1 aromatic carbocycles. The van der Waals surface area contributed by atoms with Gasteiger partial charge in [0.15, 0.2) is 0 Å². The first-order chi connectivity index (χ1) is 13.2. The summed E-state index contributed by atoms with van der Waals surface area (Å²) < 4.78 is 11.2. The molecule has 1 atom stereocenters. The minimum Gasteiger partial charge on any atom is -0.491 e. The van der Waals surface area contributed by atoms with E-state index in [1.54, 1.807) is 6.20 Å². The van der Waals surface area contributed by atoms with Crippen LogP contribution >= 0.6 is 0 Å². The Kier molecular flexibility index (Phi) is 6.87. The van der Waals surface area contributed by atoms with Crippen LogP contribution in [0.2, 0.25) is 0 Å². The molecule has 7 nitrogen and oxygen atoms in total. The second-order valence-electron chi connectivity index (χ2n) is 6.45. The van der Waals surface area contributed by atoms with Crippen LogP contribution in [0.4, 0.5) is 16.3 Å². The van der Waals surface area contributed by atoms with Crippen LogP contribution in [0.25, 0.3) is 0 Å². The zero-order chi connectivity index (χ0) is 18.9. The van der Waals surface area contributed by atoms with E-state index in [2.05, 4.69) is 20.9 Å². The number of benzene rings is 1. The van der Waals surface area contributed by atoms with Crippen LogP contribution in [0.1, 0.15) is 18.4 Å². The quantitative estimate of drug-likeness (QED) is 0.622. The Labute approximate surface area is 159 Å². The first-order valence-electron chi connectivity index (χ1n) is 9.25. The summed E-state index contributed by atoms with van der Waals surface area (Å²) in [5.74, 6) is 1.60. The lowest BCUT2D eigenvalue weighted by molar-refractivity contribution is 0.0679. The standard InChI is InChI=1S/C20H26N4O3/c1-15-4-2-10-21-19(15)22-11-12-23-20(25)24-16-6-8-17(9-7-16)27-14-18-5-3-13-26-18/h2,4,6-10,18H,3,5,11-14H2,1H3,(H,21,22)(H2,23,24,25)/t18-/m0/s1. The molecule has 7 heteroatoms. The fraction of sp³-hybridized carbons (Fsp3) is 0.400. The van der Waals surface area contributed by atoms with Crippen molar-refractivity contribution in [3.05, 3.63) is 48.2 Å². The zero-order valence-corrected chi connectivity index (χ0v) is 15.5. The Hall–Kier alpha value is -2.80. The third-order valence-electron chi connectivity index (χ3n) is 4.28. The highest BCUT2D eigenvalue weighted by Gasteiger charge is 2.15. The molecule has 2 amide bonds. The third-order valence-corrected chi connectivity index (χ3v) is 4.28. The van der Waals surface area contributed by atoms with Crippen LogP contribution in [0.15, 0.2) is 42.6 Å². The number of hydrogen-bond acceptors (Lipinski definition) is 5. The molecule has 0 aliphatic carbocycles. The highest BCUT2D eigenvalue weighted by atomic mass is 16.5.